The minimum absolute atomic E-state index is 0.0948. The van der Waals surface area contributed by atoms with Gasteiger partial charge in [0.05, 0.1) is 0 Å². The minimum Gasteiger partial charge on any atom is -0.354 e. The first-order chi connectivity index (χ1) is 14.0. The summed E-state index contributed by atoms with van der Waals surface area (Å²) in [6, 6.07) is 14.3. The second kappa shape index (κ2) is 11.8. The van der Waals surface area contributed by atoms with Gasteiger partial charge in [-0.05, 0) is 29.7 Å². The molecule has 0 fully saturated rings. The second-order valence-corrected chi connectivity index (χ2v) is 7.80. The standard InChI is InChI=1S/C23H28Cl2N2O2/c1-3-5-13-26-23(29)21(14-17-9-7-6-8-10-17)27(22(28)4-2)16-18-11-12-19(24)15-20(18)25/h6-12,15,21H,3-5,13-14,16H2,1-2H3,(H,26,29)/t21-/m1/s1. The Morgan fingerprint density at radius 3 is 2.41 bits per heavy atom. The number of carbonyl (C=O) groups is 2. The Bertz CT molecular complexity index is 812. The Morgan fingerprint density at radius 2 is 1.79 bits per heavy atom. The lowest BCUT2D eigenvalue weighted by atomic mass is 10.0. The van der Waals surface area contributed by atoms with E-state index in [1.165, 1.54) is 0 Å². The normalized spacial score (nSPS) is 11.7. The molecule has 4 nitrogen and oxygen atoms in total. The summed E-state index contributed by atoms with van der Waals surface area (Å²) in [7, 11) is 0. The highest BCUT2D eigenvalue weighted by atomic mass is 35.5. The van der Waals surface area contributed by atoms with Crippen LogP contribution in [0.5, 0.6) is 0 Å². The number of nitrogens with zero attached hydrogens (tertiary/aromatic N) is 1. The van der Waals surface area contributed by atoms with Crippen molar-refractivity contribution in [3.05, 3.63) is 69.7 Å². The molecule has 156 valence electrons. The molecule has 0 saturated carbocycles. The Balaban J connectivity index is 2.33. The summed E-state index contributed by atoms with van der Waals surface area (Å²) in [5.74, 6) is -0.239. The van der Waals surface area contributed by atoms with Gasteiger partial charge in [-0.3, -0.25) is 9.59 Å². The van der Waals surface area contributed by atoms with E-state index < -0.39 is 6.04 Å². The maximum Gasteiger partial charge on any atom is 0.243 e. The zero-order valence-electron chi connectivity index (χ0n) is 17.0. The fraction of sp³-hybridized carbons (Fsp3) is 0.391. The molecule has 0 heterocycles. The highest BCUT2D eigenvalue weighted by Gasteiger charge is 2.29. The van der Waals surface area contributed by atoms with Crippen molar-refractivity contribution in [2.24, 2.45) is 0 Å². The molecule has 0 spiro atoms. The van der Waals surface area contributed by atoms with Crippen LogP contribution in [0.25, 0.3) is 0 Å². The van der Waals surface area contributed by atoms with Gasteiger partial charge in [0.2, 0.25) is 11.8 Å². The monoisotopic (exact) mass is 434 g/mol. The SMILES string of the molecule is CCCCNC(=O)[C@@H](Cc1ccccc1)N(Cc1ccc(Cl)cc1Cl)C(=O)CC. The molecular formula is C23H28Cl2N2O2. The smallest absolute Gasteiger partial charge is 0.243 e. The van der Waals surface area contributed by atoms with E-state index in [4.69, 9.17) is 23.2 Å². The summed E-state index contributed by atoms with van der Waals surface area (Å²) < 4.78 is 0. The summed E-state index contributed by atoms with van der Waals surface area (Å²) in [6.07, 6.45) is 2.63. The lowest BCUT2D eigenvalue weighted by Crippen LogP contribution is -2.50. The summed E-state index contributed by atoms with van der Waals surface area (Å²) >= 11 is 12.4. The molecule has 1 N–H and O–H groups in total. The van der Waals surface area contributed by atoms with E-state index in [1.54, 1.807) is 30.0 Å². The molecule has 29 heavy (non-hydrogen) atoms. The van der Waals surface area contributed by atoms with Crippen LogP contribution >= 0.6 is 23.2 Å². The van der Waals surface area contributed by atoms with Gasteiger partial charge in [-0.15, -0.1) is 0 Å². The van der Waals surface area contributed by atoms with Crippen molar-refractivity contribution in [2.45, 2.75) is 52.1 Å². The molecule has 6 heteroatoms. The maximum atomic E-state index is 13.1. The van der Waals surface area contributed by atoms with Crippen LogP contribution in [0.15, 0.2) is 48.5 Å². The van der Waals surface area contributed by atoms with E-state index in [0.717, 1.165) is 24.0 Å². The highest BCUT2D eigenvalue weighted by molar-refractivity contribution is 6.35. The van der Waals surface area contributed by atoms with Crippen molar-refractivity contribution < 1.29 is 9.59 Å². The molecule has 2 rings (SSSR count). The number of nitrogens with one attached hydrogen (secondary N) is 1. The third-order valence-corrected chi connectivity index (χ3v) is 5.35. The van der Waals surface area contributed by atoms with Crippen LogP contribution in [0.2, 0.25) is 10.0 Å². The number of hydrogen-bond donors (Lipinski definition) is 1. The zero-order valence-corrected chi connectivity index (χ0v) is 18.5. The molecule has 0 aliphatic carbocycles. The number of benzene rings is 2. The molecule has 0 aromatic heterocycles. The van der Waals surface area contributed by atoms with E-state index in [0.29, 0.717) is 29.4 Å². The van der Waals surface area contributed by atoms with Gasteiger partial charge in [0.15, 0.2) is 0 Å². The molecule has 0 saturated heterocycles. The van der Waals surface area contributed by atoms with E-state index in [-0.39, 0.29) is 18.4 Å². The van der Waals surface area contributed by atoms with Crippen LogP contribution in [0, 0.1) is 0 Å². The number of carbonyl (C=O) groups excluding carboxylic acids is 2. The van der Waals surface area contributed by atoms with Crippen LogP contribution in [-0.4, -0.2) is 29.3 Å². The van der Waals surface area contributed by atoms with E-state index in [1.807, 2.05) is 30.3 Å². The molecule has 2 aromatic rings. The Kier molecular flexibility index (Phi) is 9.49. The van der Waals surface area contributed by atoms with Gasteiger partial charge in [-0.25, -0.2) is 0 Å². The first kappa shape index (κ1) is 23.2. The van der Waals surface area contributed by atoms with Crippen molar-refractivity contribution in [1.82, 2.24) is 10.2 Å². The van der Waals surface area contributed by atoms with Crippen molar-refractivity contribution in [3.63, 3.8) is 0 Å². The molecule has 0 radical (unpaired) electrons. The molecule has 2 amide bonds. The fourth-order valence-corrected chi connectivity index (χ4v) is 3.56. The van der Waals surface area contributed by atoms with Gasteiger partial charge in [0.25, 0.3) is 0 Å². The lowest BCUT2D eigenvalue weighted by molar-refractivity contribution is -0.141. The van der Waals surface area contributed by atoms with Crippen LogP contribution in [0.4, 0.5) is 0 Å². The zero-order chi connectivity index (χ0) is 21.2. The van der Waals surface area contributed by atoms with Gasteiger partial charge >= 0.3 is 0 Å². The number of amides is 2. The maximum absolute atomic E-state index is 13.1. The Hall–Kier alpha value is -2.04. The average Bonchev–Trinajstić information content (AvgIpc) is 2.72. The summed E-state index contributed by atoms with van der Waals surface area (Å²) in [5.41, 5.74) is 1.76. The first-order valence-corrected chi connectivity index (χ1v) is 10.8. The van der Waals surface area contributed by atoms with Gasteiger partial charge in [-0.1, -0.05) is 79.9 Å². The predicted octanol–water partition coefficient (Wildman–Crippen LogP) is 5.26. The molecule has 0 bridgehead atoms. The van der Waals surface area contributed by atoms with Crippen molar-refractivity contribution in [3.8, 4) is 0 Å². The number of unbranched alkanes of at least 4 members (excludes halogenated alkanes) is 1. The average molecular weight is 435 g/mol. The third-order valence-electron chi connectivity index (χ3n) is 4.76. The van der Waals surface area contributed by atoms with Crippen molar-refractivity contribution >= 4 is 35.0 Å². The van der Waals surface area contributed by atoms with Crippen LogP contribution in [-0.2, 0) is 22.6 Å². The second-order valence-electron chi connectivity index (χ2n) is 6.96. The number of halogens is 2. The van der Waals surface area contributed by atoms with Gasteiger partial charge in [0, 0.05) is 36.0 Å². The first-order valence-electron chi connectivity index (χ1n) is 10.0. The summed E-state index contributed by atoms with van der Waals surface area (Å²) in [4.78, 5) is 27.5. The molecule has 0 aliphatic rings. The number of rotatable bonds is 10. The highest BCUT2D eigenvalue weighted by Crippen LogP contribution is 2.24. The van der Waals surface area contributed by atoms with Gasteiger partial charge < -0.3 is 10.2 Å². The molecular weight excluding hydrogens is 407 g/mol. The third kappa shape index (κ3) is 7.06. The predicted molar refractivity (Wildman–Crippen MR) is 119 cm³/mol. The Labute approximate surface area is 183 Å². The molecule has 1 atom stereocenters. The van der Waals surface area contributed by atoms with E-state index in [2.05, 4.69) is 12.2 Å². The van der Waals surface area contributed by atoms with Crippen molar-refractivity contribution in [1.29, 1.82) is 0 Å². The van der Waals surface area contributed by atoms with Gasteiger partial charge in [0.1, 0.15) is 6.04 Å². The van der Waals surface area contributed by atoms with Crippen molar-refractivity contribution in [2.75, 3.05) is 6.54 Å². The fourth-order valence-electron chi connectivity index (χ4n) is 3.10. The largest absolute Gasteiger partial charge is 0.354 e. The van der Waals surface area contributed by atoms with E-state index >= 15 is 0 Å². The topological polar surface area (TPSA) is 49.4 Å². The molecule has 0 unspecified atom stereocenters. The molecule has 0 aliphatic heterocycles. The van der Waals surface area contributed by atoms with Crippen LogP contribution < -0.4 is 5.32 Å². The molecule has 2 aromatic carbocycles. The van der Waals surface area contributed by atoms with Crippen LogP contribution in [0.3, 0.4) is 0 Å². The lowest BCUT2D eigenvalue weighted by Gasteiger charge is -2.31. The summed E-state index contributed by atoms with van der Waals surface area (Å²) in [6.45, 7) is 4.72. The summed E-state index contributed by atoms with van der Waals surface area (Å²) in [5, 5.41) is 4.00. The Morgan fingerprint density at radius 1 is 1.07 bits per heavy atom. The van der Waals surface area contributed by atoms with Crippen LogP contribution in [0.1, 0.15) is 44.2 Å². The number of hydrogen-bond acceptors (Lipinski definition) is 2. The van der Waals surface area contributed by atoms with Gasteiger partial charge in [-0.2, -0.15) is 0 Å². The van der Waals surface area contributed by atoms with E-state index in [9.17, 15) is 9.59 Å². The quantitative estimate of drug-likeness (QED) is 0.518. The minimum atomic E-state index is -0.617.